The van der Waals surface area contributed by atoms with Gasteiger partial charge in [0.15, 0.2) is 0 Å². The molecule has 0 aliphatic rings. The molecule has 0 saturated carbocycles. The molecule has 0 aliphatic heterocycles. The molecule has 0 aliphatic carbocycles. The SMILES string of the molecule is O=C(CCNC(=O)NCc1ccccc1)Nc1ccc(-c2nccs2)cc1. The first-order valence-corrected chi connectivity index (χ1v) is 9.44. The average Bonchev–Trinajstić information content (AvgIpc) is 3.22. The Morgan fingerprint density at radius 1 is 0.963 bits per heavy atom. The van der Waals surface area contributed by atoms with E-state index in [1.54, 1.807) is 17.5 Å². The van der Waals surface area contributed by atoms with E-state index in [-0.39, 0.29) is 24.9 Å². The number of aromatic nitrogens is 1. The van der Waals surface area contributed by atoms with Crippen LogP contribution in [0.4, 0.5) is 10.5 Å². The summed E-state index contributed by atoms with van der Waals surface area (Å²) < 4.78 is 0. The van der Waals surface area contributed by atoms with Gasteiger partial charge < -0.3 is 16.0 Å². The van der Waals surface area contributed by atoms with Crippen LogP contribution in [0.2, 0.25) is 0 Å². The molecule has 3 aromatic rings. The topological polar surface area (TPSA) is 83.1 Å². The van der Waals surface area contributed by atoms with E-state index < -0.39 is 0 Å². The van der Waals surface area contributed by atoms with Crippen molar-refractivity contribution in [3.8, 4) is 10.6 Å². The lowest BCUT2D eigenvalue weighted by Gasteiger charge is -2.08. The van der Waals surface area contributed by atoms with Crippen LogP contribution in [0.25, 0.3) is 10.6 Å². The van der Waals surface area contributed by atoms with Gasteiger partial charge in [-0.1, -0.05) is 30.3 Å². The van der Waals surface area contributed by atoms with Crippen molar-refractivity contribution in [2.75, 3.05) is 11.9 Å². The molecule has 138 valence electrons. The summed E-state index contributed by atoms with van der Waals surface area (Å²) in [7, 11) is 0. The number of hydrogen-bond donors (Lipinski definition) is 3. The first-order valence-electron chi connectivity index (χ1n) is 8.56. The quantitative estimate of drug-likeness (QED) is 0.585. The zero-order valence-corrected chi connectivity index (χ0v) is 15.5. The Hall–Kier alpha value is -3.19. The van der Waals surface area contributed by atoms with Crippen LogP contribution in [0.15, 0.2) is 66.2 Å². The van der Waals surface area contributed by atoms with Crippen molar-refractivity contribution in [2.45, 2.75) is 13.0 Å². The van der Waals surface area contributed by atoms with Gasteiger partial charge in [0.1, 0.15) is 5.01 Å². The molecule has 0 saturated heterocycles. The second-order valence-electron chi connectivity index (χ2n) is 5.81. The molecule has 0 spiro atoms. The second-order valence-corrected chi connectivity index (χ2v) is 6.70. The van der Waals surface area contributed by atoms with Gasteiger partial charge in [-0.25, -0.2) is 9.78 Å². The van der Waals surface area contributed by atoms with Crippen LogP contribution in [-0.2, 0) is 11.3 Å². The third-order valence-electron chi connectivity index (χ3n) is 3.78. The van der Waals surface area contributed by atoms with Crippen molar-refractivity contribution < 1.29 is 9.59 Å². The number of urea groups is 1. The molecule has 6 nitrogen and oxygen atoms in total. The number of carbonyl (C=O) groups excluding carboxylic acids is 2. The van der Waals surface area contributed by atoms with Crippen molar-refractivity contribution >= 4 is 29.0 Å². The number of carbonyl (C=O) groups is 2. The van der Waals surface area contributed by atoms with Gasteiger partial charge in [-0.15, -0.1) is 11.3 Å². The van der Waals surface area contributed by atoms with E-state index in [2.05, 4.69) is 20.9 Å². The zero-order valence-electron chi connectivity index (χ0n) is 14.6. The molecule has 7 heteroatoms. The fourth-order valence-corrected chi connectivity index (χ4v) is 3.06. The lowest BCUT2D eigenvalue weighted by molar-refractivity contribution is -0.116. The van der Waals surface area contributed by atoms with E-state index in [1.165, 1.54) is 0 Å². The minimum Gasteiger partial charge on any atom is -0.338 e. The lowest BCUT2D eigenvalue weighted by atomic mass is 10.2. The smallest absolute Gasteiger partial charge is 0.315 e. The lowest BCUT2D eigenvalue weighted by Crippen LogP contribution is -2.36. The van der Waals surface area contributed by atoms with Crippen LogP contribution in [0.5, 0.6) is 0 Å². The summed E-state index contributed by atoms with van der Waals surface area (Å²) in [5, 5.41) is 11.1. The molecule has 1 heterocycles. The maximum absolute atomic E-state index is 12.0. The highest BCUT2D eigenvalue weighted by Gasteiger charge is 2.06. The third kappa shape index (κ3) is 5.93. The van der Waals surface area contributed by atoms with Crippen molar-refractivity contribution in [2.24, 2.45) is 0 Å². The Morgan fingerprint density at radius 3 is 2.44 bits per heavy atom. The summed E-state index contributed by atoms with van der Waals surface area (Å²) in [5.74, 6) is -0.152. The van der Waals surface area contributed by atoms with Gasteiger partial charge in [0.2, 0.25) is 5.91 Å². The average molecular weight is 380 g/mol. The van der Waals surface area contributed by atoms with Crippen molar-refractivity contribution in [3.05, 3.63) is 71.7 Å². The number of anilines is 1. The number of hydrogen-bond acceptors (Lipinski definition) is 4. The molecule has 3 amide bonds. The van der Waals surface area contributed by atoms with Gasteiger partial charge in [0.05, 0.1) is 0 Å². The van der Waals surface area contributed by atoms with Gasteiger partial charge >= 0.3 is 6.03 Å². The van der Waals surface area contributed by atoms with E-state index >= 15 is 0 Å². The van der Waals surface area contributed by atoms with E-state index in [0.717, 1.165) is 16.1 Å². The standard InChI is InChI=1S/C20H20N4O2S/c25-18(10-11-22-20(26)23-14-15-4-2-1-3-5-15)24-17-8-6-16(7-9-17)19-21-12-13-27-19/h1-9,12-13H,10-11,14H2,(H,24,25)(H2,22,23,26). The van der Waals surface area contributed by atoms with Crippen molar-refractivity contribution in [3.63, 3.8) is 0 Å². The highest BCUT2D eigenvalue weighted by atomic mass is 32.1. The number of rotatable bonds is 7. The van der Waals surface area contributed by atoms with Crippen LogP contribution in [0.3, 0.4) is 0 Å². The molecule has 3 N–H and O–H groups in total. The molecule has 2 aromatic carbocycles. The van der Waals surface area contributed by atoms with Gasteiger partial charge in [-0.05, 0) is 29.8 Å². The monoisotopic (exact) mass is 380 g/mol. The predicted octanol–water partition coefficient (Wildman–Crippen LogP) is 3.64. The maximum Gasteiger partial charge on any atom is 0.315 e. The van der Waals surface area contributed by atoms with Crippen LogP contribution in [-0.4, -0.2) is 23.5 Å². The summed E-state index contributed by atoms with van der Waals surface area (Å²) in [5.41, 5.74) is 2.75. The summed E-state index contributed by atoms with van der Waals surface area (Å²) in [6.07, 6.45) is 1.96. The number of nitrogens with zero attached hydrogens (tertiary/aromatic N) is 1. The molecule has 0 bridgehead atoms. The molecular weight excluding hydrogens is 360 g/mol. The minimum absolute atomic E-state index is 0.152. The highest BCUT2D eigenvalue weighted by molar-refractivity contribution is 7.13. The van der Waals surface area contributed by atoms with Gasteiger partial charge in [0.25, 0.3) is 0 Å². The minimum atomic E-state index is -0.292. The van der Waals surface area contributed by atoms with Crippen LogP contribution in [0, 0.1) is 0 Å². The first-order chi connectivity index (χ1) is 13.2. The van der Waals surface area contributed by atoms with E-state index in [1.807, 2.05) is 60.0 Å². The molecule has 0 unspecified atom stereocenters. The van der Waals surface area contributed by atoms with E-state index in [9.17, 15) is 9.59 Å². The molecular formula is C20H20N4O2S. The Morgan fingerprint density at radius 2 is 1.74 bits per heavy atom. The maximum atomic E-state index is 12.0. The van der Waals surface area contributed by atoms with Crippen LogP contribution < -0.4 is 16.0 Å². The summed E-state index contributed by atoms with van der Waals surface area (Å²) in [4.78, 5) is 28.0. The second kappa shape index (κ2) is 9.49. The molecule has 0 fully saturated rings. The van der Waals surface area contributed by atoms with Crippen molar-refractivity contribution in [1.82, 2.24) is 15.6 Å². The number of nitrogens with one attached hydrogen (secondary N) is 3. The van der Waals surface area contributed by atoms with E-state index in [0.29, 0.717) is 12.2 Å². The molecule has 0 atom stereocenters. The number of amides is 3. The Kier molecular flexibility index (Phi) is 6.54. The van der Waals surface area contributed by atoms with Gasteiger partial charge in [-0.2, -0.15) is 0 Å². The zero-order chi connectivity index (χ0) is 18.9. The predicted molar refractivity (Wildman–Crippen MR) is 107 cm³/mol. The summed E-state index contributed by atoms with van der Waals surface area (Å²) >= 11 is 1.57. The Labute approximate surface area is 161 Å². The highest BCUT2D eigenvalue weighted by Crippen LogP contribution is 2.23. The fourth-order valence-electron chi connectivity index (χ4n) is 2.42. The molecule has 27 heavy (non-hydrogen) atoms. The van der Waals surface area contributed by atoms with E-state index in [4.69, 9.17) is 0 Å². The van der Waals surface area contributed by atoms with Gasteiger partial charge in [0, 0.05) is 42.3 Å². The molecule has 0 radical (unpaired) electrons. The first kappa shape index (κ1) is 18.6. The van der Waals surface area contributed by atoms with Crippen LogP contribution in [0.1, 0.15) is 12.0 Å². The summed E-state index contributed by atoms with van der Waals surface area (Å²) in [6.45, 7) is 0.716. The normalized spacial score (nSPS) is 10.2. The fraction of sp³-hybridized carbons (Fsp3) is 0.150. The van der Waals surface area contributed by atoms with Crippen molar-refractivity contribution in [1.29, 1.82) is 0 Å². The number of benzene rings is 2. The Bertz CT molecular complexity index is 865. The molecule has 3 rings (SSSR count). The third-order valence-corrected chi connectivity index (χ3v) is 4.60. The largest absolute Gasteiger partial charge is 0.338 e. The Balaban J connectivity index is 1.36. The van der Waals surface area contributed by atoms with Crippen LogP contribution >= 0.6 is 11.3 Å². The number of thiazole rings is 1. The molecule has 1 aromatic heterocycles. The summed E-state index contributed by atoms with van der Waals surface area (Å²) in [6, 6.07) is 16.9. The van der Waals surface area contributed by atoms with Gasteiger partial charge in [-0.3, -0.25) is 4.79 Å².